The number of nitrogens with zero attached hydrogens (tertiary/aromatic N) is 2. The molecule has 0 saturated carbocycles. The molecular formula is C25H12B15N3O2S. The van der Waals surface area contributed by atoms with Gasteiger partial charge in [-0.15, -0.1) is 16.6 Å². The molecule has 1 N–H and O–H groups in total. The lowest BCUT2D eigenvalue weighted by molar-refractivity contribution is 0.149. The summed E-state index contributed by atoms with van der Waals surface area (Å²) in [5.41, 5.74) is -0.0179. The van der Waals surface area contributed by atoms with Crippen LogP contribution >= 0.6 is 11.3 Å². The first-order valence-corrected chi connectivity index (χ1v) is 14.7. The number of H-pyrrole nitrogens is 1. The lowest BCUT2D eigenvalue weighted by Crippen LogP contribution is -2.70. The van der Waals surface area contributed by atoms with E-state index in [9.17, 15) is 4.79 Å². The number of hydrogen-bond donors (Lipinski definition) is 1. The number of anilines is 1. The summed E-state index contributed by atoms with van der Waals surface area (Å²) in [6.07, 6.45) is 0. The van der Waals surface area contributed by atoms with Gasteiger partial charge in [0.1, 0.15) is 76.4 Å². The lowest BCUT2D eigenvalue weighted by atomic mass is 9.14. The smallest absolute Gasteiger partial charge is 0.240 e. The minimum absolute atomic E-state index is 0.0630. The van der Waals surface area contributed by atoms with Gasteiger partial charge in [-0.1, -0.05) is 43.9 Å². The van der Waals surface area contributed by atoms with Gasteiger partial charge < -0.3 is 19.5 Å². The average Bonchev–Trinajstić information content (AvgIpc) is 3.47. The second-order valence-corrected chi connectivity index (χ2v) is 12.5. The topological polar surface area (TPSA) is 48.6 Å². The highest BCUT2D eigenvalue weighted by Gasteiger charge is 2.54. The predicted octanol–water partition coefficient (Wildman–Crippen LogP) is -7.61. The zero-order valence-electron chi connectivity index (χ0n) is 24.8. The molecule has 0 atom stereocenters. The van der Waals surface area contributed by atoms with Crippen molar-refractivity contribution in [1.29, 1.82) is 0 Å². The van der Waals surface area contributed by atoms with E-state index in [1.54, 1.807) is 11.0 Å². The summed E-state index contributed by atoms with van der Waals surface area (Å²) in [6.45, 7) is 1.32. The maximum absolute atomic E-state index is 12.3. The number of ether oxygens (including phenoxy) is 1. The molecule has 5 nitrogen and oxygen atoms in total. The van der Waals surface area contributed by atoms with E-state index in [2.05, 4.69) is 9.88 Å². The Labute approximate surface area is 293 Å². The Morgan fingerprint density at radius 3 is 1.93 bits per heavy atom. The van der Waals surface area contributed by atoms with Crippen LogP contribution in [-0.2, 0) is 0 Å². The number of hydrogen-bond acceptors (Lipinski definition) is 5. The van der Waals surface area contributed by atoms with Gasteiger partial charge in [0.15, 0.2) is 0 Å². The predicted molar refractivity (Wildman–Crippen MR) is 205 cm³/mol. The number of aromatic nitrogens is 1. The number of aromatic amines is 1. The van der Waals surface area contributed by atoms with Gasteiger partial charge in [-0.05, 0) is 27.8 Å². The molecule has 0 amide bonds. The van der Waals surface area contributed by atoms with E-state index in [0.717, 1.165) is 15.8 Å². The fraction of sp³-hybridized carbons (Fsp3) is 0.320. The summed E-state index contributed by atoms with van der Waals surface area (Å²) in [4.78, 5) is 18.5. The Hall–Kier alpha value is -1.86. The Morgan fingerprint density at radius 2 is 1.33 bits per heavy atom. The second kappa shape index (κ2) is 11.9. The molecular weight excluding hydrogens is 569 g/mol. The molecule has 21 heteroatoms. The molecule has 1 saturated heterocycles. The van der Waals surface area contributed by atoms with Crippen LogP contribution in [0.3, 0.4) is 0 Å². The summed E-state index contributed by atoms with van der Waals surface area (Å²) < 4.78 is 6.71. The second-order valence-electron chi connectivity index (χ2n) is 11.6. The van der Waals surface area contributed by atoms with Gasteiger partial charge in [0.2, 0.25) is 5.56 Å². The number of nitrogens with one attached hydrogen (secondary N) is 1. The van der Waals surface area contributed by atoms with Crippen molar-refractivity contribution in [3.63, 3.8) is 0 Å². The fourth-order valence-electron chi connectivity index (χ4n) is 5.74. The number of thiophene rings is 1. The molecule has 0 spiro atoms. The molecule has 190 valence electrons. The maximum Gasteiger partial charge on any atom is 0.240 e. The van der Waals surface area contributed by atoms with Crippen molar-refractivity contribution in [2.24, 2.45) is 0 Å². The molecule has 2 aromatic heterocycles. The van der Waals surface area contributed by atoms with Gasteiger partial charge >= 0.3 is 0 Å². The summed E-state index contributed by atoms with van der Waals surface area (Å²) in [5, 5.41) is -6.94. The van der Waals surface area contributed by atoms with Crippen molar-refractivity contribution in [2.45, 2.75) is 21.2 Å². The van der Waals surface area contributed by atoms with Crippen LogP contribution in [0.4, 0.5) is 5.69 Å². The lowest BCUT2D eigenvalue weighted by Gasteiger charge is -2.65. The molecule has 1 aliphatic rings. The number of benzene rings is 2. The Morgan fingerprint density at radius 1 is 0.739 bits per heavy atom. The molecule has 46 heavy (non-hydrogen) atoms. The summed E-state index contributed by atoms with van der Waals surface area (Å²) in [6, 6.07) is 3.69. The van der Waals surface area contributed by atoms with Crippen molar-refractivity contribution in [1.82, 2.24) is 9.88 Å². The zero-order chi connectivity index (χ0) is 34.3. The van der Waals surface area contributed by atoms with Crippen LogP contribution in [0, 0.1) is 0 Å². The molecule has 1 fully saturated rings. The molecule has 2 aromatic carbocycles. The third kappa shape index (κ3) is 5.29. The van der Waals surface area contributed by atoms with E-state index in [-0.39, 0.29) is 51.3 Å². The van der Waals surface area contributed by atoms with E-state index in [1.807, 2.05) is 11.4 Å². The molecule has 0 unspecified atom stereocenters. The Bertz CT molecular complexity index is 1920. The van der Waals surface area contributed by atoms with Crippen LogP contribution in [-0.4, -0.2) is 164 Å². The highest BCUT2D eigenvalue weighted by molar-refractivity contribution is 7.18. The molecule has 5 rings (SSSR count). The van der Waals surface area contributed by atoms with Crippen molar-refractivity contribution in [2.75, 3.05) is 31.1 Å². The van der Waals surface area contributed by atoms with Crippen LogP contribution in [0.2, 0.25) is 10.4 Å². The zero-order valence-corrected chi connectivity index (χ0v) is 25.7. The third-order valence-electron chi connectivity index (χ3n) is 8.76. The van der Waals surface area contributed by atoms with Crippen LogP contribution in [0.1, 0.15) is 0 Å². The van der Waals surface area contributed by atoms with Gasteiger partial charge in [0.05, 0.1) is 47.1 Å². The molecule has 0 aliphatic carbocycles. The summed E-state index contributed by atoms with van der Waals surface area (Å²) in [5.74, 6) is -0.403. The Kier molecular flexibility index (Phi) is 9.19. The first-order chi connectivity index (χ1) is 21.2. The van der Waals surface area contributed by atoms with Gasteiger partial charge in [0, 0.05) is 52.9 Å². The average molecular weight is 581 g/mol. The first kappa shape index (κ1) is 35.5. The van der Waals surface area contributed by atoms with E-state index < -0.39 is 32.5 Å². The van der Waals surface area contributed by atoms with Crippen molar-refractivity contribution < 1.29 is 4.74 Å². The summed E-state index contributed by atoms with van der Waals surface area (Å²) in [7, 11) is 94.8. The molecule has 3 heterocycles. The van der Waals surface area contributed by atoms with Gasteiger partial charge in [0.25, 0.3) is 0 Å². The fourth-order valence-corrected chi connectivity index (χ4v) is 6.57. The van der Waals surface area contributed by atoms with E-state index in [1.165, 1.54) is 11.3 Å². The van der Waals surface area contributed by atoms with Crippen molar-refractivity contribution >= 4 is 194 Å². The molecule has 0 bridgehead atoms. The van der Waals surface area contributed by atoms with Crippen molar-refractivity contribution in [3.8, 4) is 5.75 Å². The first-order valence-electron chi connectivity index (χ1n) is 13.8. The minimum Gasteiger partial charge on any atom is -0.509 e. The Balaban J connectivity index is 1.43. The number of fused-ring (bicyclic) bond motifs is 2. The number of piperazine rings is 1. The quantitative estimate of drug-likeness (QED) is 0.221. The van der Waals surface area contributed by atoms with E-state index in [0.29, 0.717) is 24.0 Å². The number of pyridine rings is 1. The van der Waals surface area contributed by atoms with E-state index in [4.69, 9.17) is 122 Å². The summed E-state index contributed by atoms with van der Waals surface area (Å²) >= 11 is 1.52. The maximum atomic E-state index is 12.3. The molecule has 30 radical (unpaired) electrons. The third-order valence-corrected chi connectivity index (χ3v) is 9.73. The van der Waals surface area contributed by atoms with Crippen molar-refractivity contribution in [3.05, 3.63) is 27.9 Å². The minimum atomic E-state index is -2.67. The highest BCUT2D eigenvalue weighted by Crippen LogP contribution is 2.55. The molecule has 1 aliphatic heterocycles. The van der Waals surface area contributed by atoms with Crippen LogP contribution in [0.5, 0.6) is 5.75 Å². The normalized spacial score (nSPS) is 15.4. The SMILES string of the molecule is [B]c1cc([B])c2sccc2c1N1CCN(C([B])([B])C([B])([B])C([B])([B])C([B])([B])Oc2c([B])c([B])c3c([B])c([B])c(=O)[nH]c3c2[B])CC1. The van der Waals surface area contributed by atoms with Gasteiger partial charge in [-0.25, -0.2) is 0 Å². The van der Waals surface area contributed by atoms with Gasteiger partial charge in [-0.3, -0.25) is 4.79 Å². The van der Waals surface area contributed by atoms with Crippen LogP contribution in [0.15, 0.2) is 22.3 Å². The van der Waals surface area contributed by atoms with Crippen LogP contribution in [0.25, 0.3) is 21.0 Å². The van der Waals surface area contributed by atoms with E-state index >= 15 is 0 Å². The van der Waals surface area contributed by atoms with Crippen LogP contribution < -0.4 is 53.4 Å². The largest absolute Gasteiger partial charge is 0.509 e. The highest BCUT2D eigenvalue weighted by atomic mass is 32.1. The number of rotatable bonds is 7. The van der Waals surface area contributed by atoms with Gasteiger partial charge in [-0.2, -0.15) is 0 Å². The molecule has 4 aromatic rings. The standard InChI is InChI=1S/C25H12B15N3O2S/c26-9-7-10(27)20-8(1-6-46-20)18(9)42-2-4-43(5-3-42)24(37,38)22(33,34)23(35,36)25(39,40)45-19-14(30)12(28)11-13(29)15(31)21(44)41-17(11)16(19)32/h1,6-7H,2-5H2,(H,41,44). The monoisotopic (exact) mass is 583 g/mol.